The second-order valence-electron chi connectivity index (χ2n) is 6.85. The van der Waals surface area contributed by atoms with Gasteiger partial charge in [-0.2, -0.15) is 0 Å². The summed E-state index contributed by atoms with van der Waals surface area (Å²) in [6.45, 7) is 4.23. The van der Waals surface area contributed by atoms with E-state index in [1.807, 2.05) is 24.3 Å². The molecule has 2 N–H and O–H groups in total. The SMILES string of the molecule is COc1cccc(NC(=O)c2cc(C(=O)Nc3ccc(C(C)C)cc3)ccn2)c1. The predicted molar refractivity (Wildman–Crippen MR) is 114 cm³/mol. The van der Waals surface area contributed by atoms with Gasteiger partial charge < -0.3 is 15.4 Å². The van der Waals surface area contributed by atoms with Gasteiger partial charge in [0, 0.05) is 29.2 Å². The molecule has 2 aromatic carbocycles. The lowest BCUT2D eigenvalue weighted by Gasteiger charge is -2.09. The number of amides is 2. The van der Waals surface area contributed by atoms with Gasteiger partial charge in [0.15, 0.2) is 0 Å². The Bertz CT molecular complexity index is 1010. The Morgan fingerprint density at radius 1 is 0.897 bits per heavy atom. The van der Waals surface area contributed by atoms with Gasteiger partial charge in [0.25, 0.3) is 11.8 Å². The molecule has 29 heavy (non-hydrogen) atoms. The number of hydrogen-bond acceptors (Lipinski definition) is 4. The van der Waals surface area contributed by atoms with Gasteiger partial charge in [-0.1, -0.05) is 32.0 Å². The van der Waals surface area contributed by atoms with Crippen LogP contribution in [0.15, 0.2) is 66.9 Å². The second-order valence-corrected chi connectivity index (χ2v) is 6.85. The van der Waals surface area contributed by atoms with Gasteiger partial charge in [-0.25, -0.2) is 0 Å². The van der Waals surface area contributed by atoms with E-state index in [4.69, 9.17) is 4.74 Å². The molecule has 2 amide bonds. The number of nitrogens with one attached hydrogen (secondary N) is 2. The summed E-state index contributed by atoms with van der Waals surface area (Å²) in [4.78, 5) is 29.1. The molecule has 6 heteroatoms. The number of methoxy groups -OCH3 is 1. The highest BCUT2D eigenvalue weighted by atomic mass is 16.5. The molecule has 0 aliphatic carbocycles. The molecule has 3 rings (SSSR count). The monoisotopic (exact) mass is 389 g/mol. The fourth-order valence-electron chi connectivity index (χ4n) is 2.75. The van der Waals surface area contributed by atoms with E-state index in [0.29, 0.717) is 28.6 Å². The summed E-state index contributed by atoms with van der Waals surface area (Å²) >= 11 is 0. The molecule has 1 aromatic heterocycles. The minimum atomic E-state index is -0.408. The van der Waals surface area contributed by atoms with Gasteiger partial charge in [-0.3, -0.25) is 14.6 Å². The number of hydrogen-bond donors (Lipinski definition) is 2. The Hall–Kier alpha value is -3.67. The van der Waals surface area contributed by atoms with E-state index < -0.39 is 5.91 Å². The molecule has 148 valence electrons. The van der Waals surface area contributed by atoms with Crippen molar-refractivity contribution in [1.82, 2.24) is 4.98 Å². The fraction of sp³-hybridized carbons (Fsp3) is 0.174. The first-order chi connectivity index (χ1) is 14.0. The molecule has 0 unspecified atom stereocenters. The number of ether oxygens (including phenoxy) is 1. The predicted octanol–water partition coefficient (Wildman–Crippen LogP) is 4.72. The van der Waals surface area contributed by atoms with Crippen molar-refractivity contribution in [2.24, 2.45) is 0 Å². The Balaban J connectivity index is 1.70. The van der Waals surface area contributed by atoms with Crippen LogP contribution in [0.4, 0.5) is 11.4 Å². The minimum Gasteiger partial charge on any atom is -0.497 e. The van der Waals surface area contributed by atoms with Gasteiger partial charge >= 0.3 is 0 Å². The van der Waals surface area contributed by atoms with Gasteiger partial charge in [-0.15, -0.1) is 0 Å². The third kappa shape index (κ3) is 5.19. The number of benzene rings is 2. The van der Waals surface area contributed by atoms with E-state index in [9.17, 15) is 9.59 Å². The first-order valence-corrected chi connectivity index (χ1v) is 9.29. The summed E-state index contributed by atoms with van der Waals surface area (Å²) in [6.07, 6.45) is 1.44. The van der Waals surface area contributed by atoms with Crippen molar-refractivity contribution in [3.63, 3.8) is 0 Å². The standard InChI is InChI=1S/C23H23N3O3/c1-15(2)16-7-9-18(10-8-16)25-22(27)17-11-12-24-21(13-17)23(28)26-19-5-4-6-20(14-19)29-3/h4-15H,1-3H3,(H,25,27)(H,26,28). The molecular formula is C23H23N3O3. The first kappa shape index (κ1) is 20.1. The maximum Gasteiger partial charge on any atom is 0.274 e. The van der Waals surface area contributed by atoms with Crippen LogP contribution in [-0.2, 0) is 0 Å². The van der Waals surface area contributed by atoms with Gasteiger partial charge in [-0.05, 0) is 47.9 Å². The maximum atomic E-state index is 12.6. The number of carbonyl (C=O) groups is 2. The third-order valence-corrected chi connectivity index (χ3v) is 4.42. The Labute approximate surface area is 169 Å². The fourth-order valence-corrected chi connectivity index (χ4v) is 2.75. The molecule has 0 aliphatic heterocycles. The van der Waals surface area contributed by atoms with Gasteiger partial charge in [0.2, 0.25) is 0 Å². The van der Waals surface area contributed by atoms with Crippen molar-refractivity contribution in [2.75, 3.05) is 17.7 Å². The topological polar surface area (TPSA) is 80.3 Å². The van der Waals surface area contributed by atoms with Crippen LogP contribution in [0.5, 0.6) is 5.75 Å². The average molecular weight is 389 g/mol. The van der Waals surface area contributed by atoms with Crippen molar-refractivity contribution in [3.05, 3.63) is 83.7 Å². The molecule has 0 fully saturated rings. The van der Waals surface area contributed by atoms with Crippen molar-refractivity contribution in [1.29, 1.82) is 0 Å². The molecule has 0 saturated carbocycles. The highest BCUT2D eigenvalue weighted by molar-refractivity contribution is 6.07. The lowest BCUT2D eigenvalue weighted by Crippen LogP contribution is -2.17. The summed E-state index contributed by atoms with van der Waals surface area (Å²) in [5.41, 5.74) is 2.97. The molecule has 0 bridgehead atoms. The zero-order valence-electron chi connectivity index (χ0n) is 16.6. The normalized spacial score (nSPS) is 10.5. The summed E-state index contributed by atoms with van der Waals surface area (Å²) in [5.74, 6) is 0.340. The van der Waals surface area contributed by atoms with Crippen molar-refractivity contribution >= 4 is 23.2 Å². The quantitative estimate of drug-likeness (QED) is 0.639. The van der Waals surface area contributed by atoms with Gasteiger partial charge in [0.1, 0.15) is 11.4 Å². The molecule has 0 spiro atoms. The van der Waals surface area contributed by atoms with E-state index >= 15 is 0 Å². The number of carbonyl (C=O) groups excluding carboxylic acids is 2. The van der Waals surface area contributed by atoms with E-state index in [-0.39, 0.29) is 11.6 Å². The number of pyridine rings is 1. The van der Waals surface area contributed by atoms with Crippen LogP contribution in [0.1, 0.15) is 46.2 Å². The van der Waals surface area contributed by atoms with Crippen LogP contribution in [-0.4, -0.2) is 23.9 Å². The molecule has 1 heterocycles. The summed E-state index contributed by atoms with van der Waals surface area (Å²) in [5, 5.41) is 5.59. The number of rotatable bonds is 6. The Morgan fingerprint density at radius 3 is 2.31 bits per heavy atom. The summed E-state index contributed by atoms with van der Waals surface area (Å²) < 4.78 is 5.15. The average Bonchev–Trinajstić information content (AvgIpc) is 2.74. The zero-order chi connectivity index (χ0) is 20.8. The third-order valence-electron chi connectivity index (χ3n) is 4.42. The van der Waals surface area contributed by atoms with Crippen LogP contribution in [0.25, 0.3) is 0 Å². The van der Waals surface area contributed by atoms with Crippen LogP contribution in [0.2, 0.25) is 0 Å². The van der Waals surface area contributed by atoms with Crippen LogP contribution in [0.3, 0.4) is 0 Å². The molecule has 3 aromatic rings. The second kappa shape index (κ2) is 9.01. The van der Waals surface area contributed by atoms with Crippen LogP contribution < -0.4 is 15.4 Å². The lowest BCUT2D eigenvalue weighted by atomic mass is 10.0. The smallest absolute Gasteiger partial charge is 0.274 e. The van der Waals surface area contributed by atoms with Crippen molar-refractivity contribution in [3.8, 4) is 5.75 Å². The van der Waals surface area contributed by atoms with Crippen LogP contribution in [0, 0.1) is 0 Å². The maximum absolute atomic E-state index is 12.6. The number of anilines is 2. The summed E-state index contributed by atoms with van der Waals surface area (Å²) in [6, 6.07) is 17.7. The molecule has 0 aliphatic rings. The van der Waals surface area contributed by atoms with E-state index in [0.717, 1.165) is 0 Å². The number of aromatic nitrogens is 1. The zero-order valence-corrected chi connectivity index (χ0v) is 16.6. The van der Waals surface area contributed by atoms with Crippen LogP contribution >= 0.6 is 0 Å². The van der Waals surface area contributed by atoms with E-state index in [1.165, 1.54) is 17.8 Å². The number of nitrogens with zero attached hydrogens (tertiary/aromatic N) is 1. The minimum absolute atomic E-state index is 0.149. The van der Waals surface area contributed by atoms with Gasteiger partial charge in [0.05, 0.1) is 7.11 Å². The van der Waals surface area contributed by atoms with Crippen molar-refractivity contribution < 1.29 is 14.3 Å². The largest absolute Gasteiger partial charge is 0.497 e. The molecule has 0 saturated heterocycles. The Kier molecular flexibility index (Phi) is 6.24. The van der Waals surface area contributed by atoms with E-state index in [1.54, 1.807) is 37.4 Å². The highest BCUT2D eigenvalue weighted by Gasteiger charge is 2.13. The molecule has 0 atom stereocenters. The van der Waals surface area contributed by atoms with E-state index in [2.05, 4.69) is 29.5 Å². The Morgan fingerprint density at radius 2 is 1.62 bits per heavy atom. The molecule has 6 nitrogen and oxygen atoms in total. The highest BCUT2D eigenvalue weighted by Crippen LogP contribution is 2.19. The first-order valence-electron chi connectivity index (χ1n) is 9.29. The molecular weight excluding hydrogens is 366 g/mol. The van der Waals surface area contributed by atoms with Crippen molar-refractivity contribution in [2.45, 2.75) is 19.8 Å². The molecule has 0 radical (unpaired) electrons. The summed E-state index contributed by atoms with van der Waals surface area (Å²) in [7, 11) is 1.56. The lowest BCUT2D eigenvalue weighted by molar-refractivity contribution is 0.102.